The summed E-state index contributed by atoms with van der Waals surface area (Å²) in [7, 11) is 3.16. The zero-order valence-electron chi connectivity index (χ0n) is 19.6. The average molecular weight is 451 g/mol. The van der Waals surface area contributed by atoms with Crippen LogP contribution < -0.4 is 19.7 Å². The third-order valence-corrected chi connectivity index (χ3v) is 6.01. The summed E-state index contributed by atoms with van der Waals surface area (Å²) < 4.78 is 12.4. The molecule has 0 saturated carbocycles. The molecule has 1 aliphatic rings. The Kier molecular flexibility index (Phi) is 6.76. The van der Waals surface area contributed by atoms with Crippen molar-refractivity contribution < 1.29 is 14.3 Å². The fourth-order valence-corrected chi connectivity index (χ4v) is 4.20. The molecule has 174 valence electrons. The Morgan fingerprint density at radius 2 is 1.82 bits per heavy atom. The van der Waals surface area contributed by atoms with Crippen LogP contribution in [-0.4, -0.2) is 53.0 Å². The molecule has 0 atom stereocenters. The van der Waals surface area contributed by atoms with Crippen LogP contribution in [0.3, 0.4) is 0 Å². The van der Waals surface area contributed by atoms with E-state index in [2.05, 4.69) is 20.2 Å². The number of anilines is 2. The van der Waals surface area contributed by atoms with Gasteiger partial charge in [-0.3, -0.25) is 4.79 Å². The fraction of sp³-hybridized carbons (Fsp3) is 0.417. The topological polar surface area (TPSA) is 94.4 Å². The number of amides is 1. The molecule has 33 heavy (non-hydrogen) atoms. The number of carbonyl (C=O) groups excluding carboxylic acids is 1. The maximum Gasteiger partial charge on any atom is 0.224 e. The van der Waals surface area contributed by atoms with Gasteiger partial charge in [0.25, 0.3) is 0 Å². The molecule has 2 aromatic heterocycles. The molecule has 0 radical (unpaired) electrons. The summed E-state index contributed by atoms with van der Waals surface area (Å²) >= 11 is 0. The maximum atomic E-state index is 12.7. The largest absolute Gasteiger partial charge is 0.497 e. The van der Waals surface area contributed by atoms with Crippen LogP contribution in [0.4, 0.5) is 11.5 Å². The predicted octanol–water partition coefficient (Wildman–Crippen LogP) is 3.47. The molecule has 3 aromatic rings. The molecule has 0 unspecified atom stereocenters. The van der Waals surface area contributed by atoms with Crippen LogP contribution in [0.2, 0.25) is 0 Å². The number of hydrogen-bond acceptors (Lipinski definition) is 7. The van der Waals surface area contributed by atoms with Gasteiger partial charge in [0, 0.05) is 37.3 Å². The van der Waals surface area contributed by atoms with Crippen molar-refractivity contribution in [3.63, 3.8) is 0 Å². The quantitative estimate of drug-likeness (QED) is 0.562. The number of aryl methyl sites for hydroxylation is 1. The van der Waals surface area contributed by atoms with E-state index in [1.54, 1.807) is 38.7 Å². The smallest absolute Gasteiger partial charge is 0.224 e. The number of benzene rings is 1. The van der Waals surface area contributed by atoms with Gasteiger partial charge < -0.3 is 19.7 Å². The lowest BCUT2D eigenvalue weighted by Crippen LogP contribution is -2.19. The van der Waals surface area contributed by atoms with Crippen LogP contribution in [0.5, 0.6) is 11.5 Å². The van der Waals surface area contributed by atoms with Crippen molar-refractivity contribution in [3.8, 4) is 17.3 Å². The van der Waals surface area contributed by atoms with Crippen molar-refractivity contribution in [3.05, 3.63) is 47.5 Å². The first-order chi connectivity index (χ1) is 16.0. The molecule has 1 aliphatic heterocycles. The van der Waals surface area contributed by atoms with Crippen molar-refractivity contribution >= 4 is 17.4 Å². The highest BCUT2D eigenvalue weighted by atomic mass is 16.5. The molecule has 3 heterocycles. The number of methoxy groups -OCH3 is 2. The summed E-state index contributed by atoms with van der Waals surface area (Å²) in [5.74, 6) is 2.80. The van der Waals surface area contributed by atoms with Crippen molar-refractivity contribution in [2.75, 3.05) is 37.5 Å². The van der Waals surface area contributed by atoms with E-state index in [-0.39, 0.29) is 5.91 Å². The minimum absolute atomic E-state index is 0.105. The molecular weight excluding hydrogens is 420 g/mol. The Morgan fingerprint density at radius 3 is 2.55 bits per heavy atom. The van der Waals surface area contributed by atoms with Crippen LogP contribution in [0.1, 0.15) is 36.2 Å². The molecule has 0 aliphatic carbocycles. The minimum Gasteiger partial charge on any atom is -0.497 e. The van der Waals surface area contributed by atoms with E-state index in [1.807, 2.05) is 24.6 Å². The number of nitrogens with zero attached hydrogens (tertiary/aromatic N) is 5. The zero-order valence-corrected chi connectivity index (χ0v) is 19.6. The van der Waals surface area contributed by atoms with Gasteiger partial charge in [0.05, 0.1) is 25.6 Å². The Balaban J connectivity index is 1.47. The molecule has 4 rings (SSSR count). The summed E-state index contributed by atoms with van der Waals surface area (Å²) in [6, 6.07) is 7.29. The molecular formula is C24H30N6O3. The summed E-state index contributed by atoms with van der Waals surface area (Å²) in [6.07, 6.45) is 4.85. The summed E-state index contributed by atoms with van der Waals surface area (Å²) in [4.78, 5) is 23.8. The van der Waals surface area contributed by atoms with Gasteiger partial charge in [-0.15, -0.1) is 0 Å². The number of nitrogens with one attached hydrogen (secondary N) is 1. The summed E-state index contributed by atoms with van der Waals surface area (Å²) in [6.45, 7) is 6.01. The third-order valence-electron chi connectivity index (χ3n) is 6.01. The minimum atomic E-state index is -0.105. The molecule has 0 spiro atoms. The van der Waals surface area contributed by atoms with Crippen molar-refractivity contribution in [2.24, 2.45) is 0 Å². The third kappa shape index (κ3) is 4.92. The van der Waals surface area contributed by atoms with E-state index in [0.29, 0.717) is 30.0 Å². The summed E-state index contributed by atoms with van der Waals surface area (Å²) in [5, 5.41) is 7.63. The first-order valence-electron chi connectivity index (χ1n) is 11.1. The second kappa shape index (κ2) is 9.89. The van der Waals surface area contributed by atoms with Gasteiger partial charge >= 0.3 is 0 Å². The normalized spacial score (nSPS) is 13.3. The van der Waals surface area contributed by atoms with Crippen molar-refractivity contribution in [1.29, 1.82) is 0 Å². The van der Waals surface area contributed by atoms with E-state index < -0.39 is 0 Å². The average Bonchev–Trinajstić information content (AvgIpc) is 3.46. The number of aromatic nitrogens is 4. The van der Waals surface area contributed by atoms with E-state index in [9.17, 15) is 4.79 Å². The molecule has 1 fully saturated rings. The highest BCUT2D eigenvalue weighted by Gasteiger charge is 2.18. The predicted molar refractivity (Wildman–Crippen MR) is 127 cm³/mol. The van der Waals surface area contributed by atoms with E-state index >= 15 is 0 Å². The first kappa shape index (κ1) is 22.6. The first-order valence-corrected chi connectivity index (χ1v) is 11.1. The molecule has 0 bridgehead atoms. The van der Waals surface area contributed by atoms with Gasteiger partial charge in [0.15, 0.2) is 5.82 Å². The number of ether oxygens (including phenoxy) is 2. The van der Waals surface area contributed by atoms with Crippen LogP contribution in [-0.2, 0) is 11.2 Å². The number of carbonyl (C=O) groups is 1. The van der Waals surface area contributed by atoms with Gasteiger partial charge in [-0.1, -0.05) is 0 Å². The van der Waals surface area contributed by atoms with Gasteiger partial charge in [-0.25, -0.2) is 14.6 Å². The van der Waals surface area contributed by atoms with Gasteiger partial charge in [0.2, 0.25) is 5.91 Å². The Hall–Kier alpha value is -3.62. The SMILES string of the molecule is COc1ccc(OC)c(NC(=O)CCc2c(C)nn(-c3cc(N4CCCC4)ncn3)c2C)c1. The number of rotatable bonds is 8. The molecule has 1 amide bonds. The van der Waals surface area contributed by atoms with E-state index in [4.69, 9.17) is 14.6 Å². The van der Waals surface area contributed by atoms with Gasteiger partial charge in [-0.05, 0) is 50.8 Å². The highest BCUT2D eigenvalue weighted by molar-refractivity contribution is 5.92. The lowest BCUT2D eigenvalue weighted by atomic mass is 10.1. The molecule has 9 nitrogen and oxygen atoms in total. The van der Waals surface area contributed by atoms with Crippen LogP contribution in [0.15, 0.2) is 30.6 Å². The Bertz CT molecular complexity index is 1140. The Morgan fingerprint density at radius 1 is 1.06 bits per heavy atom. The van der Waals surface area contributed by atoms with E-state index in [0.717, 1.165) is 41.7 Å². The molecule has 9 heteroatoms. The lowest BCUT2D eigenvalue weighted by molar-refractivity contribution is -0.116. The van der Waals surface area contributed by atoms with Crippen molar-refractivity contribution in [1.82, 2.24) is 19.7 Å². The number of hydrogen-bond donors (Lipinski definition) is 1. The lowest BCUT2D eigenvalue weighted by Gasteiger charge is -2.16. The Labute approximate surface area is 193 Å². The van der Waals surface area contributed by atoms with Gasteiger partial charge in [-0.2, -0.15) is 5.10 Å². The highest BCUT2D eigenvalue weighted by Crippen LogP contribution is 2.29. The maximum absolute atomic E-state index is 12.7. The zero-order chi connectivity index (χ0) is 23.4. The second-order valence-corrected chi connectivity index (χ2v) is 8.10. The van der Waals surface area contributed by atoms with E-state index in [1.165, 1.54) is 12.8 Å². The van der Waals surface area contributed by atoms with Crippen LogP contribution >= 0.6 is 0 Å². The summed E-state index contributed by atoms with van der Waals surface area (Å²) in [5.41, 5.74) is 3.50. The monoisotopic (exact) mass is 450 g/mol. The van der Waals surface area contributed by atoms with Crippen LogP contribution in [0, 0.1) is 13.8 Å². The standard InChI is InChI=1S/C24H30N6O3/c1-16-19(8-10-24(31)27-20-13-18(32-3)7-9-21(20)33-4)17(2)30(28-16)23-14-22(25-15-26-23)29-11-5-6-12-29/h7,9,13-15H,5-6,8,10-12H2,1-4H3,(H,27,31). The molecule has 1 aromatic carbocycles. The second-order valence-electron chi connectivity index (χ2n) is 8.10. The fourth-order valence-electron chi connectivity index (χ4n) is 4.20. The van der Waals surface area contributed by atoms with Crippen LogP contribution in [0.25, 0.3) is 5.82 Å². The molecule has 1 N–H and O–H groups in total. The van der Waals surface area contributed by atoms with Gasteiger partial charge in [0.1, 0.15) is 23.6 Å². The van der Waals surface area contributed by atoms with Crippen molar-refractivity contribution in [2.45, 2.75) is 39.5 Å². The molecule has 1 saturated heterocycles.